The number of halogens is 2. The monoisotopic (exact) mass is 458 g/mol. The van der Waals surface area contributed by atoms with Gasteiger partial charge in [0, 0.05) is 57.0 Å². The lowest BCUT2D eigenvalue weighted by molar-refractivity contribution is -0.114. The molecule has 4 heterocycles. The van der Waals surface area contributed by atoms with Gasteiger partial charge in [-0.15, -0.1) is 5.10 Å². The second-order valence-electron chi connectivity index (χ2n) is 8.64. The molecule has 0 saturated carbocycles. The van der Waals surface area contributed by atoms with Gasteiger partial charge in [0.25, 0.3) is 0 Å². The van der Waals surface area contributed by atoms with Crippen molar-refractivity contribution in [3.8, 4) is 5.82 Å². The van der Waals surface area contributed by atoms with Gasteiger partial charge in [-0.05, 0) is 26.9 Å². The Morgan fingerprint density at radius 1 is 1.30 bits per heavy atom. The van der Waals surface area contributed by atoms with Crippen molar-refractivity contribution in [1.29, 1.82) is 0 Å². The van der Waals surface area contributed by atoms with Crippen molar-refractivity contribution in [1.82, 2.24) is 29.6 Å². The molecule has 0 radical (unpaired) electrons. The minimum atomic E-state index is -3.19. The van der Waals surface area contributed by atoms with Crippen molar-refractivity contribution in [2.45, 2.75) is 45.6 Å². The molecule has 0 bridgehead atoms. The maximum absolute atomic E-state index is 14.1. The number of hydrogen-bond acceptors (Lipinski definition) is 7. The van der Waals surface area contributed by atoms with Gasteiger partial charge in [0.1, 0.15) is 5.82 Å². The highest BCUT2D eigenvalue weighted by molar-refractivity contribution is 5.95. The van der Waals surface area contributed by atoms with Crippen LogP contribution in [0.4, 0.5) is 20.4 Å². The molecule has 1 saturated heterocycles. The zero-order valence-electron chi connectivity index (χ0n) is 19.4. The van der Waals surface area contributed by atoms with E-state index in [0.29, 0.717) is 35.3 Å². The number of fused-ring (bicyclic) bond motifs is 1. The van der Waals surface area contributed by atoms with Gasteiger partial charge < -0.3 is 15.1 Å². The number of hydrogen-bond donors (Lipinski definition) is 1. The van der Waals surface area contributed by atoms with E-state index in [1.807, 2.05) is 21.0 Å². The number of aryl methyl sites for hydroxylation is 1. The van der Waals surface area contributed by atoms with E-state index in [1.165, 1.54) is 11.6 Å². The Labute approximate surface area is 190 Å². The first-order valence-electron chi connectivity index (χ1n) is 10.9. The van der Waals surface area contributed by atoms with Crippen molar-refractivity contribution in [2.75, 3.05) is 37.4 Å². The number of carbonyl (C=O) groups excluding carboxylic acids is 1. The third-order valence-electron chi connectivity index (χ3n) is 5.78. The molecule has 4 rings (SSSR count). The molecule has 1 aliphatic heterocycles. The summed E-state index contributed by atoms with van der Waals surface area (Å²) in [6.45, 7) is 5.62. The fourth-order valence-electron chi connectivity index (χ4n) is 3.98. The van der Waals surface area contributed by atoms with Crippen molar-refractivity contribution >= 4 is 28.4 Å². The van der Waals surface area contributed by atoms with Gasteiger partial charge in [0.2, 0.25) is 11.7 Å². The van der Waals surface area contributed by atoms with Crippen molar-refractivity contribution in [3.63, 3.8) is 0 Å². The summed E-state index contributed by atoms with van der Waals surface area (Å²) in [5.41, 5.74) is 1.11. The highest BCUT2D eigenvalue weighted by Crippen LogP contribution is 2.32. The van der Waals surface area contributed by atoms with Crippen LogP contribution in [0.5, 0.6) is 0 Å². The maximum Gasteiger partial charge on any atom is 0.303 e. The molecular weight excluding hydrogens is 430 g/mol. The summed E-state index contributed by atoms with van der Waals surface area (Å²) in [5, 5.41) is 8.22. The highest BCUT2D eigenvalue weighted by atomic mass is 19.3. The number of amides is 1. The molecule has 1 atom stereocenters. The lowest BCUT2D eigenvalue weighted by atomic mass is 10.2. The minimum absolute atomic E-state index is 0.248. The molecule has 9 nitrogen and oxygen atoms in total. The normalized spacial score (nSPS) is 16.7. The average molecular weight is 459 g/mol. The molecule has 3 aromatic heterocycles. The minimum Gasteiger partial charge on any atom is -0.353 e. The second kappa shape index (κ2) is 8.62. The van der Waals surface area contributed by atoms with Crippen LogP contribution >= 0.6 is 0 Å². The maximum atomic E-state index is 14.1. The first-order chi connectivity index (χ1) is 15.6. The van der Waals surface area contributed by atoms with E-state index in [1.54, 1.807) is 18.3 Å². The molecule has 176 valence electrons. The van der Waals surface area contributed by atoms with E-state index < -0.39 is 11.7 Å². The molecule has 1 aliphatic rings. The van der Waals surface area contributed by atoms with E-state index in [2.05, 4.69) is 30.1 Å². The van der Waals surface area contributed by atoms with Crippen molar-refractivity contribution in [2.24, 2.45) is 0 Å². The predicted molar refractivity (Wildman–Crippen MR) is 122 cm³/mol. The quantitative estimate of drug-likeness (QED) is 0.607. The lowest BCUT2D eigenvalue weighted by Crippen LogP contribution is -2.31. The molecular formula is C22H28F2N8O. The third kappa shape index (κ3) is 4.63. The molecule has 0 spiro atoms. The summed E-state index contributed by atoms with van der Waals surface area (Å²) >= 11 is 0. The fourth-order valence-corrected chi connectivity index (χ4v) is 3.98. The molecule has 1 unspecified atom stereocenters. The molecule has 1 N–H and O–H groups in total. The summed E-state index contributed by atoms with van der Waals surface area (Å²) < 4.78 is 29.8. The van der Waals surface area contributed by atoms with Gasteiger partial charge >= 0.3 is 5.92 Å². The molecule has 3 aromatic rings. The molecule has 1 fully saturated rings. The first kappa shape index (κ1) is 23.0. The van der Waals surface area contributed by atoms with Crippen molar-refractivity contribution < 1.29 is 13.6 Å². The summed E-state index contributed by atoms with van der Waals surface area (Å²) in [4.78, 5) is 28.4. The van der Waals surface area contributed by atoms with Gasteiger partial charge in [0.05, 0.1) is 10.9 Å². The number of rotatable bonds is 6. The van der Waals surface area contributed by atoms with Gasteiger partial charge in [-0.25, -0.2) is 19.6 Å². The zero-order chi connectivity index (χ0) is 23.9. The highest BCUT2D eigenvalue weighted by Gasteiger charge is 2.31. The molecule has 11 heteroatoms. The number of alkyl halides is 2. The van der Waals surface area contributed by atoms with Crippen LogP contribution in [-0.4, -0.2) is 68.8 Å². The molecule has 1 amide bonds. The first-order valence-corrected chi connectivity index (χ1v) is 10.9. The number of carbonyl (C=O) groups is 1. The number of nitrogens with one attached hydrogen (secondary N) is 1. The van der Waals surface area contributed by atoms with Gasteiger partial charge in [0.15, 0.2) is 11.6 Å². The second-order valence-corrected chi connectivity index (χ2v) is 8.64. The van der Waals surface area contributed by atoms with Crippen LogP contribution < -0.4 is 10.2 Å². The zero-order valence-corrected chi connectivity index (χ0v) is 19.4. The SMILES string of the molecule is CCc1cc(-n2nc(N3CCC(N(C)C)C3)c3cnc(NC(C)=O)cc32)nc(C(C)(F)F)n1. The van der Waals surface area contributed by atoms with Gasteiger partial charge in [-0.3, -0.25) is 4.79 Å². The summed E-state index contributed by atoms with van der Waals surface area (Å²) in [6.07, 6.45) is 3.11. The number of pyridine rings is 1. The van der Waals surface area contributed by atoms with E-state index in [0.717, 1.165) is 31.8 Å². The Kier molecular flexibility index (Phi) is 6.00. The van der Waals surface area contributed by atoms with E-state index in [-0.39, 0.29) is 11.7 Å². The van der Waals surface area contributed by atoms with Crippen LogP contribution in [0.15, 0.2) is 18.3 Å². The van der Waals surface area contributed by atoms with Crippen LogP contribution in [0.25, 0.3) is 16.7 Å². The van der Waals surface area contributed by atoms with Crippen LogP contribution in [0.1, 0.15) is 38.7 Å². The number of likely N-dealkylation sites (N-methyl/N-ethyl adjacent to an activating group) is 1. The Morgan fingerprint density at radius 3 is 2.67 bits per heavy atom. The Morgan fingerprint density at radius 2 is 2.06 bits per heavy atom. The topological polar surface area (TPSA) is 92.1 Å². The van der Waals surface area contributed by atoms with E-state index in [9.17, 15) is 13.6 Å². The Hall–Kier alpha value is -3.21. The third-order valence-corrected chi connectivity index (χ3v) is 5.78. The smallest absolute Gasteiger partial charge is 0.303 e. The summed E-state index contributed by atoms with van der Waals surface area (Å²) in [7, 11) is 4.09. The Balaban J connectivity index is 1.89. The van der Waals surface area contributed by atoms with Gasteiger partial charge in [-0.1, -0.05) is 6.92 Å². The fraction of sp³-hybridized carbons (Fsp3) is 0.500. The largest absolute Gasteiger partial charge is 0.353 e. The average Bonchev–Trinajstić information content (AvgIpc) is 3.37. The molecule has 0 aliphatic carbocycles. The number of aromatic nitrogens is 5. The van der Waals surface area contributed by atoms with E-state index in [4.69, 9.17) is 5.10 Å². The van der Waals surface area contributed by atoms with Crippen LogP contribution in [0, 0.1) is 0 Å². The van der Waals surface area contributed by atoms with E-state index >= 15 is 0 Å². The van der Waals surface area contributed by atoms with Crippen LogP contribution in [-0.2, 0) is 17.1 Å². The standard InChI is InChI=1S/C22H28F2N8O/c1-6-14-9-19(28-21(27-14)22(3,23)24)32-17-10-18(26-13(2)33)25-11-16(17)20(29-32)31-8-7-15(12-31)30(4)5/h9-11,15H,6-8,12H2,1-5H3,(H,25,26,33). The number of anilines is 2. The summed E-state index contributed by atoms with van der Waals surface area (Å²) in [6, 6.07) is 3.73. The number of nitrogens with zero attached hydrogens (tertiary/aromatic N) is 7. The van der Waals surface area contributed by atoms with Crippen LogP contribution in [0.2, 0.25) is 0 Å². The summed E-state index contributed by atoms with van der Waals surface area (Å²) in [5.74, 6) is -2.70. The van der Waals surface area contributed by atoms with Crippen molar-refractivity contribution in [3.05, 3.63) is 29.8 Å². The predicted octanol–water partition coefficient (Wildman–Crippen LogP) is 2.98. The van der Waals surface area contributed by atoms with Gasteiger partial charge in [-0.2, -0.15) is 8.78 Å². The Bertz CT molecular complexity index is 1190. The molecule has 33 heavy (non-hydrogen) atoms. The molecule has 0 aromatic carbocycles. The van der Waals surface area contributed by atoms with Crippen LogP contribution in [0.3, 0.4) is 0 Å². The lowest BCUT2D eigenvalue weighted by Gasteiger charge is -2.20.